The maximum absolute atomic E-state index is 12.0. The van der Waals surface area contributed by atoms with Gasteiger partial charge in [-0.25, -0.2) is 0 Å². The van der Waals surface area contributed by atoms with Crippen LogP contribution in [0.25, 0.3) is 0 Å². The van der Waals surface area contributed by atoms with Crippen LogP contribution in [0, 0.1) is 5.92 Å². The topological polar surface area (TPSA) is 68.0 Å². The Morgan fingerprint density at radius 1 is 1.33 bits per heavy atom. The molecule has 1 aromatic heterocycles. The van der Waals surface area contributed by atoms with Gasteiger partial charge in [0.05, 0.1) is 18.3 Å². The molecule has 0 unspecified atom stereocenters. The lowest BCUT2D eigenvalue weighted by atomic mass is 9.83. The van der Waals surface area contributed by atoms with Gasteiger partial charge in [0.1, 0.15) is 0 Å². The smallest absolute Gasteiger partial charge is 0.226 e. The van der Waals surface area contributed by atoms with Crippen LogP contribution < -0.4 is 11.1 Å². The van der Waals surface area contributed by atoms with Crippen LogP contribution in [0.15, 0.2) is 18.3 Å². The summed E-state index contributed by atoms with van der Waals surface area (Å²) in [4.78, 5) is 16.2. The number of pyridine rings is 1. The molecule has 5 heteroatoms. The summed E-state index contributed by atoms with van der Waals surface area (Å²) in [5.74, 6) is 0.938. The number of carbonyl (C=O) groups is 1. The summed E-state index contributed by atoms with van der Waals surface area (Å²) >= 11 is 0. The van der Waals surface area contributed by atoms with E-state index in [0.29, 0.717) is 18.2 Å². The Balaban J connectivity index is 0.00000220. The minimum Gasteiger partial charge on any atom is -0.397 e. The first-order valence-electron chi connectivity index (χ1n) is 7.67. The van der Waals surface area contributed by atoms with Crippen molar-refractivity contribution in [1.29, 1.82) is 0 Å². The van der Waals surface area contributed by atoms with Crippen molar-refractivity contribution in [2.45, 2.75) is 57.9 Å². The molecule has 118 valence electrons. The molecule has 0 aromatic carbocycles. The van der Waals surface area contributed by atoms with E-state index in [2.05, 4.69) is 17.2 Å². The Kier molecular flexibility index (Phi) is 7.51. The second-order valence-electron chi connectivity index (χ2n) is 5.83. The molecule has 1 aliphatic rings. The SMILES string of the molecule is CCCC1CCC(NC(=O)Cc2ccc(N)cn2)CC1.Cl. The fraction of sp³-hybridized carbons (Fsp3) is 0.625. The van der Waals surface area contributed by atoms with E-state index in [4.69, 9.17) is 5.73 Å². The van der Waals surface area contributed by atoms with Crippen molar-refractivity contribution in [2.24, 2.45) is 5.92 Å². The predicted octanol–water partition coefficient (Wildman–Crippen LogP) is 3.10. The van der Waals surface area contributed by atoms with Gasteiger partial charge in [0.15, 0.2) is 0 Å². The zero-order chi connectivity index (χ0) is 14.4. The van der Waals surface area contributed by atoms with Crippen LogP contribution in [-0.4, -0.2) is 16.9 Å². The average Bonchev–Trinajstić information content (AvgIpc) is 2.44. The van der Waals surface area contributed by atoms with Gasteiger partial charge in [0.2, 0.25) is 5.91 Å². The monoisotopic (exact) mass is 311 g/mol. The molecule has 0 spiro atoms. The molecule has 1 heterocycles. The zero-order valence-electron chi connectivity index (χ0n) is 12.7. The highest BCUT2D eigenvalue weighted by molar-refractivity contribution is 5.85. The van der Waals surface area contributed by atoms with E-state index in [-0.39, 0.29) is 18.3 Å². The highest BCUT2D eigenvalue weighted by Crippen LogP contribution is 2.27. The standard InChI is InChI=1S/C16H25N3O.ClH/c1-2-3-12-4-7-14(8-5-12)19-16(20)10-15-9-6-13(17)11-18-15;/h6,9,11-12,14H,2-5,7-8,10,17H2,1H3,(H,19,20);1H. The van der Waals surface area contributed by atoms with Crippen molar-refractivity contribution in [3.63, 3.8) is 0 Å². The normalized spacial score (nSPS) is 21.4. The second kappa shape index (κ2) is 8.88. The molecule has 2 rings (SSSR count). The molecule has 0 bridgehead atoms. The number of anilines is 1. The number of amides is 1. The molecule has 1 aliphatic carbocycles. The average molecular weight is 312 g/mol. The molecule has 1 saturated carbocycles. The highest BCUT2D eigenvalue weighted by Gasteiger charge is 2.21. The largest absolute Gasteiger partial charge is 0.397 e. The number of nitrogens with one attached hydrogen (secondary N) is 1. The molecule has 1 fully saturated rings. The maximum Gasteiger partial charge on any atom is 0.226 e. The van der Waals surface area contributed by atoms with Crippen LogP contribution in [-0.2, 0) is 11.2 Å². The summed E-state index contributed by atoms with van der Waals surface area (Å²) in [6.07, 6.45) is 9.27. The molecule has 0 aliphatic heterocycles. The van der Waals surface area contributed by atoms with Crippen molar-refractivity contribution in [2.75, 3.05) is 5.73 Å². The Morgan fingerprint density at radius 2 is 2.05 bits per heavy atom. The number of hydrogen-bond acceptors (Lipinski definition) is 3. The second-order valence-corrected chi connectivity index (χ2v) is 5.83. The van der Waals surface area contributed by atoms with Gasteiger partial charge in [0, 0.05) is 11.7 Å². The number of halogens is 1. The lowest BCUT2D eigenvalue weighted by molar-refractivity contribution is -0.121. The number of nitrogens with zero attached hydrogens (tertiary/aromatic N) is 1. The van der Waals surface area contributed by atoms with Gasteiger partial charge in [-0.2, -0.15) is 0 Å². The van der Waals surface area contributed by atoms with Crippen molar-refractivity contribution < 1.29 is 4.79 Å². The minimum absolute atomic E-state index is 0. The first-order chi connectivity index (χ1) is 9.67. The quantitative estimate of drug-likeness (QED) is 0.878. The first-order valence-corrected chi connectivity index (χ1v) is 7.67. The van der Waals surface area contributed by atoms with Crippen LogP contribution in [0.1, 0.15) is 51.1 Å². The van der Waals surface area contributed by atoms with Gasteiger partial charge in [-0.05, 0) is 43.7 Å². The number of rotatable bonds is 5. The number of carbonyl (C=O) groups excluding carboxylic acids is 1. The summed E-state index contributed by atoms with van der Waals surface area (Å²) in [6, 6.07) is 3.95. The Labute approximate surface area is 133 Å². The summed E-state index contributed by atoms with van der Waals surface area (Å²) in [6.45, 7) is 2.24. The number of aromatic nitrogens is 1. The third-order valence-corrected chi connectivity index (χ3v) is 4.10. The van der Waals surface area contributed by atoms with Crippen molar-refractivity contribution in [1.82, 2.24) is 10.3 Å². The molecular weight excluding hydrogens is 286 g/mol. The third kappa shape index (κ3) is 5.92. The van der Waals surface area contributed by atoms with Crippen molar-refractivity contribution in [3.05, 3.63) is 24.0 Å². The summed E-state index contributed by atoms with van der Waals surface area (Å²) in [7, 11) is 0. The van der Waals surface area contributed by atoms with E-state index >= 15 is 0 Å². The highest BCUT2D eigenvalue weighted by atomic mass is 35.5. The summed E-state index contributed by atoms with van der Waals surface area (Å²) < 4.78 is 0. The molecule has 0 atom stereocenters. The lowest BCUT2D eigenvalue weighted by Gasteiger charge is -2.28. The van der Waals surface area contributed by atoms with E-state index in [1.807, 2.05) is 6.07 Å². The fourth-order valence-corrected chi connectivity index (χ4v) is 2.99. The van der Waals surface area contributed by atoms with Gasteiger partial charge < -0.3 is 11.1 Å². The molecule has 0 radical (unpaired) electrons. The van der Waals surface area contributed by atoms with E-state index in [1.165, 1.54) is 25.7 Å². The van der Waals surface area contributed by atoms with Crippen LogP contribution in [0.3, 0.4) is 0 Å². The first kappa shape index (κ1) is 17.8. The Bertz CT molecular complexity index is 428. The van der Waals surface area contributed by atoms with Gasteiger partial charge in [0.25, 0.3) is 0 Å². The summed E-state index contributed by atoms with van der Waals surface area (Å²) in [5, 5.41) is 3.13. The van der Waals surface area contributed by atoms with E-state index in [1.54, 1.807) is 12.3 Å². The zero-order valence-corrected chi connectivity index (χ0v) is 13.5. The molecule has 21 heavy (non-hydrogen) atoms. The van der Waals surface area contributed by atoms with Crippen molar-refractivity contribution >= 4 is 24.0 Å². The lowest BCUT2D eigenvalue weighted by Crippen LogP contribution is -2.38. The van der Waals surface area contributed by atoms with Gasteiger partial charge >= 0.3 is 0 Å². The molecule has 1 aromatic rings. The van der Waals surface area contributed by atoms with Crippen LogP contribution >= 0.6 is 12.4 Å². The fourth-order valence-electron chi connectivity index (χ4n) is 2.99. The molecular formula is C16H26ClN3O. The predicted molar refractivity (Wildman–Crippen MR) is 88.4 cm³/mol. The van der Waals surface area contributed by atoms with E-state index in [0.717, 1.165) is 24.5 Å². The van der Waals surface area contributed by atoms with Crippen LogP contribution in [0.5, 0.6) is 0 Å². The van der Waals surface area contributed by atoms with Gasteiger partial charge in [-0.3, -0.25) is 9.78 Å². The van der Waals surface area contributed by atoms with Gasteiger partial charge in [-0.15, -0.1) is 12.4 Å². The number of nitrogens with two attached hydrogens (primary N) is 1. The Morgan fingerprint density at radius 3 is 2.62 bits per heavy atom. The molecule has 0 saturated heterocycles. The van der Waals surface area contributed by atoms with Gasteiger partial charge in [-0.1, -0.05) is 19.8 Å². The minimum atomic E-state index is 0. The van der Waals surface area contributed by atoms with E-state index in [9.17, 15) is 4.79 Å². The number of nitrogen functional groups attached to an aromatic ring is 1. The number of hydrogen-bond donors (Lipinski definition) is 2. The Hall–Kier alpha value is -1.29. The third-order valence-electron chi connectivity index (χ3n) is 4.10. The molecule has 3 N–H and O–H groups in total. The maximum atomic E-state index is 12.0. The molecule has 1 amide bonds. The van der Waals surface area contributed by atoms with Crippen molar-refractivity contribution in [3.8, 4) is 0 Å². The van der Waals surface area contributed by atoms with E-state index < -0.39 is 0 Å². The van der Waals surface area contributed by atoms with Crippen LogP contribution in [0.2, 0.25) is 0 Å². The van der Waals surface area contributed by atoms with Crippen LogP contribution in [0.4, 0.5) is 5.69 Å². The summed E-state index contributed by atoms with van der Waals surface area (Å²) in [5.41, 5.74) is 6.98. The molecule has 4 nitrogen and oxygen atoms in total.